The highest BCUT2D eigenvalue weighted by Gasteiger charge is 2.25. The maximum atomic E-state index is 13.0. The number of hydrogen-bond donors (Lipinski definition) is 1. The van der Waals surface area contributed by atoms with Crippen LogP contribution in [0.2, 0.25) is 0 Å². The third-order valence-corrected chi connectivity index (χ3v) is 7.01. The SMILES string of the molecule is CCOC(=O)CC(NC(=O)c1cccc(S(=O)(=O)N(C)C(C)C)c1)c1cccc(OC)c1. The van der Waals surface area contributed by atoms with Crippen LogP contribution in [0.4, 0.5) is 0 Å². The van der Waals surface area contributed by atoms with Crippen molar-refractivity contribution in [3.05, 3.63) is 59.7 Å². The van der Waals surface area contributed by atoms with Gasteiger partial charge in [0.1, 0.15) is 5.75 Å². The molecule has 0 fully saturated rings. The van der Waals surface area contributed by atoms with Crippen molar-refractivity contribution in [3.63, 3.8) is 0 Å². The van der Waals surface area contributed by atoms with E-state index in [4.69, 9.17) is 9.47 Å². The summed E-state index contributed by atoms with van der Waals surface area (Å²) in [5, 5.41) is 2.82. The second kappa shape index (κ2) is 11.1. The fourth-order valence-electron chi connectivity index (χ4n) is 2.98. The second-order valence-corrected chi connectivity index (χ2v) is 9.45. The Kier molecular flexibility index (Phi) is 8.80. The lowest BCUT2D eigenvalue weighted by molar-refractivity contribution is -0.143. The van der Waals surface area contributed by atoms with Gasteiger partial charge in [-0.05, 0) is 56.7 Å². The number of nitrogens with one attached hydrogen (secondary N) is 1. The zero-order valence-corrected chi connectivity index (χ0v) is 19.8. The van der Waals surface area contributed by atoms with Crippen LogP contribution >= 0.6 is 0 Å². The monoisotopic (exact) mass is 462 g/mol. The lowest BCUT2D eigenvalue weighted by Crippen LogP contribution is -2.33. The van der Waals surface area contributed by atoms with E-state index in [0.717, 1.165) is 0 Å². The largest absolute Gasteiger partial charge is 0.497 e. The quantitative estimate of drug-likeness (QED) is 0.544. The van der Waals surface area contributed by atoms with E-state index in [1.807, 2.05) is 0 Å². The van der Waals surface area contributed by atoms with Crippen LogP contribution in [0.15, 0.2) is 53.4 Å². The Hall–Kier alpha value is -2.91. The number of hydrogen-bond acceptors (Lipinski definition) is 6. The minimum absolute atomic E-state index is 0.0182. The van der Waals surface area contributed by atoms with Crippen molar-refractivity contribution < 1.29 is 27.5 Å². The summed E-state index contributed by atoms with van der Waals surface area (Å²) in [5.74, 6) is -0.391. The minimum atomic E-state index is -3.75. The molecule has 174 valence electrons. The molecule has 0 bridgehead atoms. The molecule has 0 aliphatic rings. The molecule has 8 nitrogen and oxygen atoms in total. The van der Waals surface area contributed by atoms with E-state index in [-0.39, 0.29) is 29.5 Å². The molecule has 0 heterocycles. The number of nitrogens with zero attached hydrogens (tertiary/aromatic N) is 1. The summed E-state index contributed by atoms with van der Waals surface area (Å²) in [4.78, 5) is 25.2. The van der Waals surface area contributed by atoms with E-state index in [0.29, 0.717) is 11.3 Å². The zero-order chi connectivity index (χ0) is 23.9. The summed E-state index contributed by atoms with van der Waals surface area (Å²) in [5.41, 5.74) is 0.828. The van der Waals surface area contributed by atoms with Crippen molar-refractivity contribution in [2.24, 2.45) is 0 Å². The van der Waals surface area contributed by atoms with Gasteiger partial charge in [-0.2, -0.15) is 4.31 Å². The number of ether oxygens (including phenoxy) is 2. The highest BCUT2D eigenvalue weighted by molar-refractivity contribution is 7.89. The van der Waals surface area contributed by atoms with Gasteiger partial charge in [0, 0.05) is 18.7 Å². The molecular formula is C23H30N2O6S. The summed E-state index contributed by atoms with van der Waals surface area (Å²) in [6.45, 7) is 5.46. The molecular weight excluding hydrogens is 432 g/mol. The molecule has 0 spiro atoms. The van der Waals surface area contributed by atoms with Crippen LogP contribution in [0.5, 0.6) is 5.75 Å². The second-order valence-electron chi connectivity index (χ2n) is 7.45. The first-order valence-corrected chi connectivity index (χ1v) is 11.7. The van der Waals surface area contributed by atoms with Crippen LogP contribution < -0.4 is 10.1 Å². The number of methoxy groups -OCH3 is 1. The number of carbonyl (C=O) groups excluding carboxylic acids is 2. The molecule has 1 atom stereocenters. The molecule has 2 rings (SSSR count). The topological polar surface area (TPSA) is 102 Å². The molecule has 0 aliphatic heterocycles. The Morgan fingerprint density at radius 1 is 1.09 bits per heavy atom. The smallest absolute Gasteiger partial charge is 0.308 e. The lowest BCUT2D eigenvalue weighted by atomic mass is 10.0. The molecule has 0 saturated heterocycles. The van der Waals surface area contributed by atoms with E-state index in [2.05, 4.69) is 5.32 Å². The van der Waals surface area contributed by atoms with Crippen LogP contribution in [0, 0.1) is 0 Å². The van der Waals surface area contributed by atoms with Crippen molar-refractivity contribution in [2.45, 2.75) is 44.2 Å². The standard InChI is InChI=1S/C23H30N2O6S/c1-6-31-22(26)15-21(17-9-7-11-19(13-17)30-5)24-23(27)18-10-8-12-20(14-18)32(28,29)25(4)16(2)3/h7-14,16,21H,6,15H2,1-5H3,(H,24,27). The Labute approximate surface area is 189 Å². The summed E-state index contributed by atoms with van der Waals surface area (Å²) in [6, 6.07) is 11.9. The van der Waals surface area contributed by atoms with Gasteiger partial charge in [-0.1, -0.05) is 18.2 Å². The first-order valence-electron chi connectivity index (χ1n) is 10.3. The summed E-state index contributed by atoms with van der Waals surface area (Å²) in [6.07, 6.45) is -0.0825. The number of rotatable bonds is 10. The number of sulfonamides is 1. The van der Waals surface area contributed by atoms with Gasteiger partial charge in [0.15, 0.2) is 0 Å². The number of amides is 1. The molecule has 2 aromatic rings. The first-order chi connectivity index (χ1) is 15.1. The fourth-order valence-corrected chi connectivity index (χ4v) is 4.39. The van der Waals surface area contributed by atoms with Crippen LogP contribution in [0.25, 0.3) is 0 Å². The molecule has 0 saturated carbocycles. The van der Waals surface area contributed by atoms with Gasteiger partial charge < -0.3 is 14.8 Å². The molecule has 9 heteroatoms. The van der Waals surface area contributed by atoms with Crippen molar-refractivity contribution in [1.82, 2.24) is 9.62 Å². The third-order valence-electron chi connectivity index (χ3n) is 4.98. The maximum Gasteiger partial charge on any atom is 0.308 e. The van der Waals surface area contributed by atoms with E-state index in [1.54, 1.807) is 45.0 Å². The molecule has 2 aromatic carbocycles. The number of benzene rings is 2. The Morgan fingerprint density at radius 2 is 1.78 bits per heavy atom. The first kappa shape index (κ1) is 25.4. The summed E-state index contributed by atoms with van der Waals surface area (Å²) >= 11 is 0. The van der Waals surface area contributed by atoms with Crippen molar-refractivity contribution in [3.8, 4) is 5.75 Å². The van der Waals surface area contributed by atoms with Crippen LogP contribution in [-0.4, -0.2) is 51.4 Å². The lowest BCUT2D eigenvalue weighted by Gasteiger charge is -2.22. The van der Waals surface area contributed by atoms with Gasteiger partial charge in [-0.25, -0.2) is 8.42 Å². The van der Waals surface area contributed by atoms with Gasteiger partial charge >= 0.3 is 5.97 Å². The highest BCUT2D eigenvalue weighted by Crippen LogP contribution is 2.24. The molecule has 32 heavy (non-hydrogen) atoms. The van der Waals surface area contributed by atoms with Crippen molar-refractivity contribution in [2.75, 3.05) is 20.8 Å². The zero-order valence-electron chi connectivity index (χ0n) is 19.0. The van der Waals surface area contributed by atoms with E-state index in [9.17, 15) is 18.0 Å². The van der Waals surface area contributed by atoms with Gasteiger partial charge in [0.2, 0.25) is 10.0 Å². The third kappa shape index (κ3) is 6.30. The minimum Gasteiger partial charge on any atom is -0.497 e. The normalized spacial score (nSPS) is 12.5. The van der Waals surface area contributed by atoms with Crippen LogP contribution in [0.1, 0.15) is 49.2 Å². The predicted molar refractivity (Wildman–Crippen MR) is 121 cm³/mol. The Bertz CT molecular complexity index is 1050. The van der Waals surface area contributed by atoms with Crippen LogP contribution in [-0.2, 0) is 19.6 Å². The van der Waals surface area contributed by atoms with E-state index >= 15 is 0 Å². The van der Waals surface area contributed by atoms with Crippen molar-refractivity contribution in [1.29, 1.82) is 0 Å². The Morgan fingerprint density at radius 3 is 2.41 bits per heavy atom. The number of esters is 1. The van der Waals surface area contributed by atoms with Gasteiger partial charge in [-0.15, -0.1) is 0 Å². The molecule has 0 aliphatic carbocycles. The predicted octanol–water partition coefficient (Wildman–Crippen LogP) is 3.15. The molecule has 1 amide bonds. The Balaban J connectivity index is 2.34. The van der Waals surface area contributed by atoms with Crippen LogP contribution in [0.3, 0.4) is 0 Å². The van der Waals surface area contributed by atoms with E-state index in [1.165, 1.54) is 42.7 Å². The number of carbonyl (C=O) groups is 2. The average Bonchev–Trinajstić information content (AvgIpc) is 2.78. The fraction of sp³-hybridized carbons (Fsp3) is 0.391. The summed E-state index contributed by atoms with van der Waals surface area (Å²) in [7, 11) is -0.731. The van der Waals surface area contributed by atoms with Gasteiger partial charge in [0.05, 0.1) is 31.1 Å². The molecule has 1 unspecified atom stereocenters. The average molecular weight is 463 g/mol. The van der Waals surface area contributed by atoms with Gasteiger partial charge in [0.25, 0.3) is 5.91 Å². The molecule has 0 aromatic heterocycles. The van der Waals surface area contributed by atoms with Gasteiger partial charge in [-0.3, -0.25) is 9.59 Å². The maximum absolute atomic E-state index is 13.0. The van der Waals surface area contributed by atoms with E-state index < -0.39 is 27.9 Å². The molecule has 0 radical (unpaired) electrons. The molecule has 1 N–H and O–H groups in total. The highest BCUT2D eigenvalue weighted by atomic mass is 32.2. The van der Waals surface area contributed by atoms with Crippen molar-refractivity contribution >= 4 is 21.9 Å². The summed E-state index contributed by atoms with van der Waals surface area (Å²) < 4.78 is 37.1.